The molecule has 3 rings (SSSR count). The summed E-state index contributed by atoms with van der Waals surface area (Å²) in [4.78, 5) is 4.83. The van der Waals surface area contributed by atoms with Crippen LogP contribution in [-0.4, -0.2) is 9.55 Å². The Balaban J connectivity index is 2.17. The van der Waals surface area contributed by atoms with E-state index in [1.165, 1.54) is 35.1 Å². The van der Waals surface area contributed by atoms with E-state index in [1.54, 1.807) is 0 Å². The average molecular weight is 269 g/mol. The molecule has 3 heteroatoms. The molecule has 0 atom stereocenters. The van der Waals surface area contributed by atoms with Crippen LogP contribution in [0.15, 0.2) is 12.1 Å². The van der Waals surface area contributed by atoms with Crippen LogP contribution < -0.4 is 5.73 Å². The SMILES string of the molecule is CCc1nc(-c2cc(C)c(C)cc2C)c(N)n1C1CC1. The standard InChI is InChI=1S/C17H23N3/c1-5-15-19-16(17(18)20(15)13-6-7-13)14-9-11(3)10(2)8-12(14)4/h8-9,13H,5-7,18H2,1-4H3. The Morgan fingerprint density at radius 2 is 1.80 bits per heavy atom. The molecule has 0 unspecified atom stereocenters. The van der Waals surface area contributed by atoms with Crippen molar-refractivity contribution in [3.05, 3.63) is 34.6 Å². The molecule has 1 saturated carbocycles. The van der Waals surface area contributed by atoms with Crippen molar-refractivity contribution in [2.45, 2.75) is 53.0 Å². The lowest BCUT2D eigenvalue weighted by atomic mass is 9.99. The molecule has 0 radical (unpaired) electrons. The molecular formula is C17H23N3. The number of hydrogen-bond donors (Lipinski definition) is 1. The molecule has 1 heterocycles. The third-order valence-electron chi connectivity index (χ3n) is 4.35. The summed E-state index contributed by atoms with van der Waals surface area (Å²) in [5.74, 6) is 1.97. The van der Waals surface area contributed by atoms with Crippen molar-refractivity contribution in [1.29, 1.82) is 0 Å². The maximum atomic E-state index is 6.41. The lowest BCUT2D eigenvalue weighted by molar-refractivity contribution is 0.696. The highest BCUT2D eigenvalue weighted by atomic mass is 15.2. The van der Waals surface area contributed by atoms with E-state index in [-0.39, 0.29) is 0 Å². The van der Waals surface area contributed by atoms with E-state index in [0.29, 0.717) is 6.04 Å². The lowest BCUT2D eigenvalue weighted by Crippen LogP contribution is -2.04. The van der Waals surface area contributed by atoms with E-state index < -0.39 is 0 Å². The van der Waals surface area contributed by atoms with Gasteiger partial charge < -0.3 is 10.3 Å². The van der Waals surface area contributed by atoms with Crippen molar-refractivity contribution in [2.75, 3.05) is 5.73 Å². The second-order valence-corrected chi connectivity index (χ2v) is 5.97. The van der Waals surface area contributed by atoms with Crippen molar-refractivity contribution in [3.8, 4) is 11.3 Å². The summed E-state index contributed by atoms with van der Waals surface area (Å²) >= 11 is 0. The molecule has 3 nitrogen and oxygen atoms in total. The Bertz CT molecular complexity index is 663. The van der Waals surface area contributed by atoms with Gasteiger partial charge in [0.05, 0.1) is 0 Å². The Labute approximate surface area is 120 Å². The molecule has 0 aliphatic heterocycles. The molecule has 2 aromatic rings. The van der Waals surface area contributed by atoms with Crippen molar-refractivity contribution < 1.29 is 0 Å². The fourth-order valence-electron chi connectivity index (χ4n) is 2.90. The van der Waals surface area contributed by atoms with Crippen LogP contribution in [0, 0.1) is 20.8 Å². The number of benzene rings is 1. The third kappa shape index (κ3) is 2.01. The number of hydrogen-bond acceptors (Lipinski definition) is 2. The van der Waals surface area contributed by atoms with E-state index >= 15 is 0 Å². The topological polar surface area (TPSA) is 43.8 Å². The first-order chi connectivity index (χ1) is 9.52. The third-order valence-corrected chi connectivity index (χ3v) is 4.35. The van der Waals surface area contributed by atoms with E-state index in [4.69, 9.17) is 10.7 Å². The van der Waals surface area contributed by atoms with Gasteiger partial charge in [0, 0.05) is 18.0 Å². The van der Waals surface area contributed by atoms with Crippen molar-refractivity contribution >= 4 is 5.82 Å². The molecule has 2 N–H and O–H groups in total. The number of aryl methyl sites for hydroxylation is 4. The largest absolute Gasteiger partial charge is 0.383 e. The summed E-state index contributed by atoms with van der Waals surface area (Å²) in [6.45, 7) is 8.59. The maximum absolute atomic E-state index is 6.41. The Kier molecular flexibility index (Phi) is 3.08. The van der Waals surface area contributed by atoms with E-state index in [1.807, 2.05) is 0 Å². The summed E-state index contributed by atoms with van der Waals surface area (Å²) in [6.07, 6.45) is 3.41. The van der Waals surface area contributed by atoms with E-state index in [0.717, 1.165) is 23.8 Å². The number of anilines is 1. The fourth-order valence-corrected chi connectivity index (χ4v) is 2.90. The summed E-state index contributed by atoms with van der Waals surface area (Å²) in [5.41, 5.74) is 12.4. The molecule has 0 amide bonds. The highest BCUT2D eigenvalue weighted by Gasteiger charge is 2.29. The van der Waals surface area contributed by atoms with Gasteiger partial charge in [0.1, 0.15) is 17.3 Å². The van der Waals surface area contributed by atoms with Crippen LogP contribution in [0.3, 0.4) is 0 Å². The van der Waals surface area contributed by atoms with Crippen LogP contribution >= 0.6 is 0 Å². The second kappa shape index (κ2) is 4.65. The van der Waals surface area contributed by atoms with Crippen LogP contribution in [0.1, 0.15) is 48.3 Å². The molecule has 20 heavy (non-hydrogen) atoms. The van der Waals surface area contributed by atoms with Gasteiger partial charge in [-0.15, -0.1) is 0 Å². The van der Waals surface area contributed by atoms with Gasteiger partial charge in [-0.05, 0) is 56.4 Å². The number of imidazole rings is 1. The predicted octanol–water partition coefficient (Wildman–Crippen LogP) is 3.95. The Hall–Kier alpha value is -1.77. The molecule has 1 aromatic carbocycles. The zero-order valence-electron chi connectivity index (χ0n) is 12.8. The average Bonchev–Trinajstić information content (AvgIpc) is 3.18. The monoisotopic (exact) mass is 269 g/mol. The Morgan fingerprint density at radius 3 is 2.40 bits per heavy atom. The van der Waals surface area contributed by atoms with Gasteiger partial charge in [0.25, 0.3) is 0 Å². The fraction of sp³-hybridized carbons (Fsp3) is 0.471. The van der Waals surface area contributed by atoms with Crippen LogP contribution in [0.25, 0.3) is 11.3 Å². The number of aromatic nitrogens is 2. The lowest BCUT2D eigenvalue weighted by Gasteiger charge is -2.10. The normalized spacial score (nSPS) is 14.8. The first-order valence-corrected chi connectivity index (χ1v) is 7.47. The molecule has 0 bridgehead atoms. The minimum absolute atomic E-state index is 0.582. The van der Waals surface area contributed by atoms with Crippen molar-refractivity contribution in [2.24, 2.45) is 0 Å². The van der Waals surface area contributed by atoms with Crippen LogP contribution in [-0.2, 0) is 6.42 Å². The van der Waals surface area contributed by atoms with Gasteiger partial charge >= 0.3 is 0 Å². The second-order valence-electron chi connectivity index (χ2n) is 5.97. The van der Waals surface area contributed by atoms with Gasteiger partial charge in [-0.3, -0.25) is 0 Å². The zero-order valence-corrected chi connectivity index (χ0v) is 12.8. The van der Waals surface area contributed by atoms with Gasteiger partial charge in [-0.25, -0.2) is 4.98 Å². The maximum Gasteiger partial charge on any atom is 0.132 e. The first-order valence-electron chi connectivity index (χ1n) is 7.47. The smallest absolute Gasteiger partial charge is 0.132 e. The Morgan fingerprint density at radius 1 is 1.15 bits per heavy atom. The molecule has 106 valence electrons. The van der Waals surface area contributed by atoms with Crippen molar-refractivity contribution in [3.63, 3.8) is 0 Å². The van der Waals surface area contributed by atoms with Gasteiger partial charge in [0.2, 0.25) is 0 Å². The van der Waals surface area contributed by atoms with Gasteiger partial charge in [-0.1, -0.05) is 13.0 Å². The molecule has 1 aliphatic rings. The summed E-state index contributed by atoms with van der Waals surface area (Å²) in [7, 11) is 0. The number of nitrogen functional groups attached to an aromatic ring is 1. The van der Waals surface area contributed by atoms with Crippen LogP contribution in [0.4, 0.5) is 5.82 Å². The summed E-state index contributed by atoms with van der Waals surface area (Å²) in [5, 5.41) is 0. The van der Waals surface area contributed by atoms with Gasteiger partial charge in [-0.2, -0.15) is 0 Å². The zero-order chi connectivity index (χ0) is 14.4. The van der Waals surface area contributed by atoms with Gasteiger partial charge in [0.15, 0.2) is 0 Å². The van der Waals surface area contributed by atoms with Crippen molar-refractivity contribution in [1.82, 2.24) is 9.55 Å². The molecule has 1 fully saturated rings. The quantitative estimate of drug-likeness (QED) is 0.916. The number of rotatable bonds is 3. The van der Waals surface area contributed by atoms with Crippen LogP contribution in [0.5, 0.6) is 0 Å². The molecule has 1 aromatic heterocycles. The molecule has 1 aliphatic carbocycles. The first kappa shape index (κ1) is 13.2. The minimum atomic E-state index is 0.582. The minimum Gasteiger partial charge on any atom is -0.383 e. The predicted molar refractivity (Wildman–Crippen MR) is 83.9 cm³/mol. The molecular weight excluding hydrogens is 246 g/mol. The van der Waals surface area contributed by atoms with E-state index in [9.17, 15) is 0 Å². The summed E-state index contributed by atoms with van der Waals surface area (Å²) < 4.78 is 2.25. The highest BCUT2D eigenvalue weighted by Crippen LogP contribution is 2.41. The highest BCUT2D eigenvalue weighted by molar-refractivity contribution is 5.75. The number of nitrogens with two attached hydrogens (primary N) is 1. The van der Waals surface area contributed by atoms with Crippen LogP contribution in [0.2, 0.25) is 0 Å². The number of nitrogens with zero attached hydrogens (tertiary/aromatic N) is 2. The molecule has 0 spiro atoms. The van der Waals surface area contributed by atoms with E-state index in [2.05, 4.69) is 44.4 Å². The molecule has 0 saturated heterocycles. The summed E-state index contributed by atoms with van der Waals surface area (Å²) in [6, 6.07) is 5.03.